The average molecular weight is 462 g/mol. The number of methoxy groups -OCH3 is 3. The maximum atomic E-state index is 5.65. The van der Waals surface area contributed by atoms with Crippen molar-refractivity contribution in [2.45, 2.75) is 13.8 Å². The molecule has 0 N–H and O–H groups in total. The molecule has 0 atom stereocenters. The standard InChI is InChI=1S/C26H27N3O3S/c1-6-27-26-29(24(16-33-26)23-12-11-22(31-4)15-25(23)32-5)28-17(2)18-7-8-20-14-21(30-3)10-9-19(20)13-18/h7-16H,6H2,1-5H3. The van der Waals surface area contributed by atoms with Crippen LogP contribution in [0, 0.1) is 0 Å². The first-order valence-electron chi connectivity index (χ1n) is 10.6. The maximum absolute atomic E-state index is 5.65. The molecule has 0 saturated heterocycles. The number of benzene rings is 3. The van der Waals surface area contributed by atoms with Gasteiger partial charge in [-0.15, -0.1) is 11.3 Å². The molecular formula is C26H27N3O3S. The Balaban J connectivity index is 1.83. The Morgan fingerprint density at radius 3 is 2.30 bits per heavy atom. The summed E-state index contributed by atoms with van der Waals surface area (Å²) in [5, 5.41) is 9.30. The average Bonchev–Trinajstić information content (AvgIpc) is 3.24. The van der Waals surface area contributed by atoms with Crippen molar-refractivity contribution in [2.75, 3.05) is 27.9 Å². The molecule has 170 valence electrons. The van der Waals surface area contributed by atoms with Crippen LogP contribution in [0.4, 0.5) is 0 Å². The lowest BCUT2D eigenvalue weighted by Gasteiger charge is -2.12. The van der Waals surface area contributed by atoms with Crippen molar-refractivity contribution in [1.29, 1.82) is 0 Å². The number of rotatable bonds is 7. The molecule has 4 aromatic rings. The normalized spacial score (nSPS) is 12.3. The van der Waals surface area contributed by atoms with Crippen LogP contribution >= 0.6 is 11.3 Å². The Morgan fingerprint density at radius 1 is 0.879 bits per heavy atom. The van der Waals surface area contributed by atoms with Gasteiger partial charge in [0.15, 0.2) is 0 Å². The number of ether oxygens (including phenoxy) is 3. The summed E-state index contributed by atoms with van der Waals surface area (Å²) in [6.45, 7) is 4.71. The molecule has 0 aliphatic carbocycles. The SMILES string of the molecule is CCN=c1scc(-c2ccc(OC)cc2OC)n1N=C(C)c1ccc2cc(OC)ccc2c1. The number of fused-ring (bicyclic) bond motifs is 1. The first-order chi connectivity index (χ1) is 16.1. The van der Waals surface area contributed by atoms with Gasteiger partial charge < -0.3 is 14.2 Å². The fraction of sp³-hybridized carbons (Fsp3) is 0.231. The lowest BCUT2D eigenvalue weighted by Crippen LogP contribution is -2.14. The summed E-state index contributed by atoms with van der Waals surface area (Å²) in [4.78, 5) is 5.48. The van der Waals surface area contributed by atoms with E-state index in [9.17, 15) is 0 Å². The molecule has 0 unspecified atom stereocenters. The van der Waals surface area contributed by atoms with Crippen LogP contribution < -0.4 is 19.0 Å². The predicted molar refractivity (Wildman–Crippen MR) is 135 cm³/mol. The van der Waals surface area contributed by atoms with Gasteiger partial charge in [0.2, 0.25) is 4.80 Å². The summed E-state index contributed by atoms with van der Waals surface area (Å²) in [6, 6.07) is 18.2. The summed E-state index contributed by atoms with van der Waals surface area (Å²) in [5.41, 5.74) is 3.77. The van der Waals surface area contributed by atoms with E-state index in [-0.39, 0.29) is 0 Å². The van der Waals surface area contributed by atoms with Gasteiger partial charge in [-0.25, -0.2) is 4.68 Å². The Morgan fingerprint density at radius 2 is 1.58 bits per heavy atom. The van der Waals surface area contributed by atoms with Crippen molar-refractivity contribution < 1.29 is 14.2 Å². The highest BCUT2D eigenvalue weighted by molar-refractivity contribution is 7.07. The van der Waals surface area contributed by atoms with Crippen LogP contribution in [-0.2, 0) is 0 Å². The van der Waals surface area contributed by atoms with Gasteiger partial charge in [-0.1, -0.05) is 18.2 Å². The van der Waals surface area contributed by atoms with Gasteiger partial charge in [0, 0.05) is 23.6 Å². The molecular weight excluding hydrogens is 434 g/mol. The van der Waals surface area contributed by atoms with Crippen LogP contribution in [0.15, 0.2) is 70.1 Å². The molecule has 0 spiro atoms. The van der Waals surface area contributed by atoms with Crippen molar-refractivity contribution in [3.8, 4) is 28.5 Å². The van der Waals surface area contributed by atoms with Crippen LogP contribution in [0.25, 0.3) is 22.0 Å². The minimum absolute atomic E-state index is 0.673. The quantitative estimate of drug-likeness (QED) is 0.337. The number of nitrogens with zero attached hydrogens (tertiary/aromatic N) is 3. The van der Waals surface area contributed by atoms with Crippen molar-refractivity contribution in [3.05, 3.63) is 70.3 Å². The van der Waals surface area contributed by atoms with Crippen LogP contribution in [0.2, 0.25) is 0 Å². The van der Waals surface area contributed by atoms with Crippen molar-refractivity contribution in [1.82, 2.24) is 4.68 Å². The monoisotopic (exact) mass is 461 g/mol. The summed E-state index contributed by atoms with van der Waals surface area (Å²) in [6.07, 6.45) is 0. The second-order valence-corrected chi connectivity index (χ2v) is 8.21. The second-order valence-electron chi connectivity index (χ2n) is 7.37. The molecule has 0 aliphatic rings. The molecule has 7 heteroatoms. The van der Waals surface area contributed by atoms with Gasteiger partial charge in [0.05, 0.1) is 32.7 Å². The molecule has 33 heavy (non-hydrogen) atoms. The van der Waals surface area contributed by atoms with E-state index in [1.807, 2.05) is 48.9 Å². The summed E-state index contributed by atoms with van der Waals surface area (Å²) >= 11 is 1.56. The van der Waals surface area contributed by atoms with E-state index in [4.69, 9.17) is 19.3 Å². The summed E-state index contributed by atoms with van der Waals surface area (Å²) in [5.74, 6) is 2.30. The largest absolute Gasteiger partial charge is 0.497 e. The van der Waals surface area contributed by atoms with Crippen molar-refractivity contribution >= 4 is 27.8 Å². The zero-order chi connectivity index (χ0) is 23.4. The summed E-state index contributed by atoms with van der Waals surface area (Å²) in [7, 11) is 4.98. The van der Waals surface area contributed by atoms with E-state index in [2.05, 4.69) is 34.6 Å². The number of aromatic nitrogens is 1. The molecule has 4 rings (SSSR count). The van der Waals surface area contributed by atoms with Crippen molar-refractivity contribution in [3.63, 3.8) is 0 Å². The molecule has 6 nitrogen and oxygen atoms in total. The maximum Gasteiger partial charge on any atom is 0.206 e. The van der Waals surface area contributed by atoms with E-state index in [0.717, 1.165) is 55.4 Å². The van der Waals surface area contributed by atoms with Crippen LogP contribution in [0.3, 0.4) is 0 Å². The Hall–Kier alpha value is -3.58. The Bertz CT molecular complexity index is 1390. The van der Waals surface area contributed by atoms with Gasteiger partial charge in [-0.05, 0) is 60.5 Å². The Kier molecular flexibility index (Phi) is 6.79. The fourth-order valence-electron chi connectivity index (χ4n) is 3.62. The van der Waals surface area contributed by atoms with E-state index in [1.54, 1.807) is 32.7 Å². The highest BCUT2D eigenvalue weighted by atomic mass is 32.1. The zero-order valence-electron chi connectivity index (χ0n) is 19.5. The molecule has 0 fully saturated rings. The molecule has 3 aromatic carbocycles. The lowest BCUT2D eigenvalue weighted by molar-refractivity contribution is 0.395. The first-order valence-corrected chi connectivity index (χ1v) is 11.5. The van der Waals surface area contributed by atoms with Gasteiger partial charge >= 0.3 is 0 Å². The van der Waals surface area contributed by atoms with E-state index in [0.29, 0.717) is 6.54 Å². The minimum atomic E-state index is 0.673. The van der Waals surface area contributed by atoms with E-state index >= 15 is 0 Å². The first kappa shape index (κ1) is 22.6. The zero-order valence-corrected chi connectivity index (χ0v) is 20.3. The molecule has 0 radical (unpaired) electrons. The molecule has 0 bridgehead atoms. The topological polar surface area (TPSA) is 57.3 Å². The molecule has 1 aromatic heterocycles. The van der Waals surface area contributed by atoms with Crippen molar-refractivity contribution in [2.24, 2.45) is 10.1 Å². The number of hydrogen-bond acceptors (Lipinski definition) is 6. The van der Waals surface area contributed by atoms with E-state index < -0.39 is 0 Å². The molecule has 1 heterocycles. The van der Waals surface area contributed by atoms with Crippen LogP contribution in [0.5, 0.6) is 17.2 Å². The highest BCUT2D eigenvalue weighted by Gasteiger charge is 2.14. The number of thiazole rings is 1. The third-order valence-electron chi connectivity index (χ3n) is 5.38. The lowest BCUT2D eigenvalue weighted by atomic mass is 10.0. The summed E-state index contributed by atoms with van der Waals surface area (Å²) < 4.78 is 18.2. The van der Waals surface area contributed by atoms with Gasteiger partial charge in [0.1, 0.15) is 17.2 Å². The fourth-order valence-corrected chi connectivity index (χ4v) is 4.51. The third kappa shape index (κ3) is 4.64. The third-order valence-corrected chi connectivity index (χ3v) is 6.23. The second kappa shape index (κ2) is 9.92. The molecule has 0 amide bonds. The molecule has 0 aliphatic heterocycles. The Labute approximate surface area is 197 Å². The van der Waals surface area contributed by atoms with Crippen LogP contribution in [-0.4, -0.2) is 38.3 Å². The van der Waals surface area contributed by atoms with Gasteiger partial charge in [0.25, 0.3) is 0 Å². The number of hydrogen-bond donors (Lipinski definition) is 0. The minimum Gasteiger partial charge on any atom is -0.497 e. The smallest absolute Gasteiger partial charge is 0.206 e. The highest BCUT2D eigenvalue weighted by Crippen LogP contribution is 2.33. The van der Waals surface area contributed by atoms with Crippen LogP contribution in [0.1, 0.15) is 19.4 Å². The van der Waals surface area contributed by atoms with Gasteiger partial charge in [-0.3, -0.25) is 4.99 Å². The molecule has 0 saturated carbocycles. The van der Waals surface area contributed by atoms with E-state index in [1.165, 1.54) is 0 Å². The van der Waals surface area contributed by atoms with Gasteiger partial charge in [-0.2, -0.15) is 5.10 Å². The predicted octanol–water partition coefficient (Wildman–Crippen LogP) is 5.59.